The van der Waals surface area contributed by atoms with Crippen LogP contribution in [0.3, 0.4) is 0 Å². The lowest BCUT2D eigenvalue weighted by Gasteiger charge is -2.22. The van der Waals surface area contributed by atoms with Crippen LogP contribution in [0.5, 0.6) is 5.75 Å². The molecule has 0 saturated heterocycles. The molecule has 1 aliphatic carbocycles. The zero-order chi connectivity index (χ0) is 16.1. The zero-order valence-electron chi connectivity index (χ0n) is 13.7. The van der Waals surface area contributed by atoms with E-state index in [1.807, 2.05) is 0 Å². The Balaban J connectivity index is 1.75. The van der Waals surface area contributed by atoms with Crippen molar-refractivity contribution in [3.63, 3.8) is 0 Å². The first kappa shape index (κ1) is 16.6. The van der Waals surface area contributed by atoms with Gasteiger partial charge in [-0.3, -0.25) is 0 Å². The van der Waals surface area contributed by atoms with Crippen LogP contribution in [0, 0.1) is 6.42 Å². The van der Waals surface area contributed by atoms with Gasteiger partial charge in [0.1, 0.15) is 5.75 Å². The molecule has 2 heteroatoms. The van der Waals surface area contributed by atoms with E-state index in [2.05, 4.69) is 71.7 Å². The molecule has 0 aromatic heterocycles. The van der Waals surface area contributed by atoms with E-state index in [4.69, 9.17) is 4.74 Å². The second-order valence-corrected chi connectivity index (χ2v) is 7.11. The van der Waals surface area contributed by atoms with Crippen LogP contribution in [0.2, 0.25) is 0 Å². The Morgan fingerprint density at radius 3 is 2.35 bits per heavy atom. The van der Waals surface area contributed by atoms with Gasteiger partial charge in [0.15, 0.2) is 0 Å². The van der Waals surface area contributed by atoms with E-state index >= 15 is 0 Å². The summed E-state index contributed by atoms with van der Waals surface area (Å²) in [6, 6.07) is 15.5. The van der Waals surface area contributed by atoms with Crippen molar-refractivity contribution in [3.05, 3.63) is 58.9 Å². The molecular formula is C21H24BrO. The minimum absolute atomic E-state index is 0.741. The molecule has 0 unspecified atom stereocenters. The predicted molar refractivity (Wildman–Crippen MR) is 101 cm³/mol. The van der Waals surface area contributed by atoms with Crippen LogP contribution in [0.1, 0.15) is 50.5 Å². The van der Waals surface area contributed by atoms with Gasteiger partial charge >= 0.3 is 0 Å². The summed E-state index contributed by atoms with van der Waals surface area (Å²) < 4.78 is 6.75. The van der Waals surface area contributed by atoms with E-state index in [-0.39, 0.29) is 0 Å². The van der Waals surface area contributed by atoms with Gasteiger partial charge in [0.05, 0.1) is 11.1 Å². The van der Waals surface area contributed by atoms with Crippen LogP contribution in [-0.4, -0.2) is 6.61 Å². The minimum Gasteiger partial charge on any atom is -0.492 e. The SMILES string of the molecule is CCCOc1ccc(-c2ccc(C3CC[CH]CC3)cc2)cc1Br. The van der Waals surface area contributed by atoms with Crippen molar-refractivity contribution < 1.29 is 4.74 Å². The maximum absolute atomic E-state index is 5.73. The second-order valence-electron chi connectivity index (χ2n) is 6.26. The maximum Gasteiger partial charge on any atom is 0.133 e. The molecule has 0 bridgehead atoms. The molecule has 121 valence electrons. The summed E-state index contributed by atoms with van der Waals surface area (Å²) in [5, 5.41) is 0. The third-order valence-electron chi connectivity index (χ3n) is 4.55. The van der Waals surface area contributed by atoms with Gasteiger partial charge in [0.2, 0.25) is 0 Å². The Labute approximate surface area is 148 Å². The van der Waals surface area contributed by atoms with Gasteiger partial charge in [0.25, 0.3) is 0 Å². The molecule has 23 heavy (non-hydrogen) atoms. The quantitative estimate of drug-likeness (QED) is 0.563. The highest BCUT2D eigenvalue weighted by atomic mass is 79.9. The normalized spacial score (nSPS) is 15.6. The van der Waals surface area contributed by atoms with E-state index in [0.29, 0.717) is 0 Å². The molecule has 2 aromatic carbocycles. The first-order valence-electron chi connectivity index (χ1n) is 8.62. The van der Waals surface area contributed by atoms with Crippen LogP contribution in [0.15, 0.2) is 46.9 Å². The van der Waals surface area contributed by atoms with E-state index in [9.17, 15) is 0 Å². The minimum atomic E-state index is 0.741. The highest BCUT2D eigenvalue weighted by molar-refractivity contribution is 9.10. The molecule has 2 aromatic rings. The van der Waals surface area contributed by atoms with Crippen molar-refractivity contribution in [2.45, 2.75) is 44.9 Å². The van der Waals surface area contributed by atoms with Gasteiger partial charge in [0, 0.05) is 0 Å². The molecule has 0 aliphatic heterocycles. The summed E-state index contributed by atoms with van der Waals surface area (Å²) >= 11 is 3.62. The molecule has 1 aliphatic rings. The monoisotopic (exact) mass is 371 g/mol. The lowest BCUT2D eigenvalue weighted by molar-refractivity contribution is 0.315. The average molecular weight is 372 g/mol. The third kappa shape index (κ3) is 4.17. The summed E-state index contributed by atoms with van der Waals surface area (Å²) in [6.45, 7) is 2.87. The molecule has 0 atom stereocenters. The highest BCUT2D eigenvalue weighted by Crippen LogP contribution is 2.34. The Morgan fingerprint density at radius 1 is 1.00 bits per heavy atom. The van der Waals surface area contributed by atoms with Gasteiger partial charge in [-0.15, -0.1) is 0 Å². The fourth-order valence-electron chi connectivity index (χ4n) is 3.22. The van der Waals surface area contributed by atoms with Crippen molar-refractivity contribution in [2.24, 2.45) is 0 Å². The number of hydrogen-bond acceptors (Lipinski definition) is 1. The van der Waals surface area contributed by atoms with Crippen LogP contribution >= 0.6 is 15.9 Å². The predicted octanol–water partition coefficient (Wildman–Crippen LogP) is 6.77. The Morgan fingerprint density at radius 2 is 1.70 bits per heavy atom. The number of rotatable bonds is 5. The summed E-state index contributed by atoms with van der Waals surface area (Å²) in [5.41, 5.74) is 3.98. The lowest BCUT2D eigenvalue weighted by atomic mass is 9.84. The summed E-state index contributed by atoms with van der Waals surface area (Å²) in [6.07, 6.45) is 8.57. The fraction of sp³-hybridized carbons (Fsp3) is 0.381. The Bertz CT molecular complexity index is 627. The Kier molecular flexibility index (Phi) is 5.77. The number of ether oxygens (including phenoxy) is 1. The zero-order valence-corrected chi connectivity index (χ0v) is 15.3. The molecule has 3 rings (SSSR count). The molecule has 1 radical (unpaired) electrons. The molecule has 1 fully saturated rings. The van der Waals surface area contributed by atoms with Crippen LogP contribution in [0.4, 0.5) is 0 Å². The fourth-order valence-corrected chi connectivity index (χ4v) is 3.71. The van der Waals surface area contributed by atoms with Crippen molar-refractivity contribution >= 4 is 15.9 Å². The second kappa shape index (κ2) is 8.01. The van der Waals surface area contributed by atoms with Gasteiger partial charge in [-0.1, -0.05) is 37.3 Å². The van der Waals surface area contributed by atoms with Gasteiger partial charge in [-0.25, -0.2) is 0 Å². The maximum atomic E-state index is 5.73. The standard InChI is InChI=1S/C21H24BrO/c1-2-14-23-21-13-12-19(15-20(21)22)18-10-8-17(9-11-18)16-6-4-3-5-7-16/h3,8-13,15-16H,2,4-7,14H2,1H3. The first-order chi connectivity index (χ1) is 11.3. The van der Waals surface area contributed by atoms with E-state index < -0.39 is 0 Å². The summed E-state index contributed by atoms with van der Waals surface area (Å²) in [4.78, 5) is 0. The number of benzene rings is 2. The smallest absolute Gasteiger partial charge is 0.133 e. The number of hydrogen-bond donors (Lipinski definition) is 0. The van der Waals surface area contributed by atoms with Crippen LogP contribution < -0.4 is 4.74 Å². The lowest BCUT2D eigenvalue weighted by Crippen LogP contribution is -2.04. The van der Waals surface area contributed by atoms with E-state index in [0.717, 1.165) is 29.2 Å². The molecule has 0 spiro atoms. The average Bonchev–Trinajstić information content (AvgIpc) is 2.61. The molecule has 0 amide bonds. The summed E-state index contributed by atoms with van der Waals surface area (Å²) in [7, 11) is 0. The van der Waals surface area contributed by atoms with Gasteiger partial charge in [-0.2, -0.15) is 0 Å². The topological polar surface area (TPSA) is 9.23 Å². The Hall–Kier alpha value is -1.28. The molecule has 1 nitrogen and oxygen atoms in total. The van der Waals surface area contributed by atoms with Gasteiger partial charge in [-0.05, 0) is 89.2 Å². The van der Waals surface area contributed by atoms with Gasteiger partial charge < -0.3 is 4.74 Å². The van der Waals surface area contributed by atoms with Crippen molar-refractivity contribution in [1.82, 2.24) is 0 Å². The molecule has 0 N–H and O–H groups in total. The molecule has 1 saturated carbocycles. The number of halogens is 1. The highest BCUT2D eigenvalue weighted by Gasteiger charge is 2.15. The molecule has 0 heterocycles. The third-order valence-corrected chi connectivity index (χ3v) is 5.17. The van der Waals surface area contributed by atoms with Crippen molar-refractivity contribution in [2.75, 3.05) is 6.61 Å². The first-order valence-corrected chi connectivity index (χ1v) is 9.41. The molecular weight excluding hydrogens is 348 g/mol. The van der Waals surface area contributed by atoms with Crippen molar-refractivity contribution in [3.8, 4) is 16.9 Å². The van der Waals surface area contributed by atoms with Crippen LogP contribution in [-0.2, 0) is 0 Å². The van der Waals surface area contributed by atoms with Crippen molar-refractivity contribution in [1.29, 1.82) is 0 Å². The van der Waals surface area contributed by atoms with Crippen LogP contribution in [0.25, 0.3) is 11.1 Å². The van der Waals surface area contributed by atoms with E-state index in [1.165, 1.54) is 42.4 Å². The largest absolute Gasteiger partial charge is 0.492 e. The van der Waals surface area contributed by atoms with E-state index in [1.54, 1.807) is 0 Å². The summed E-state index contributed by atoms with van der Waals surface area (Å²) in [5.74, 6) is 1.66.